The van der Waals surface area contributed by atoms with Crippen LogP contribution in [0, 0.1) is 0 Å². The lowest BCUT2D eigenvalue weighted by atomic mass is 10.1. The molecule has 0 aromatic heterocycles. The highest BCUT2D eigenvalue weighted by atomic mass is 16.2. The first-order valence-electron chi connectivity index (χ1n) is 9.10. The molecule has 0 bridgehead atoms. The van der Waals surface area contributed by atoms with Gasteiger partial charge < -0.3 is 15.5 Å². The molecule has 0 fully saturated rings. The van der Waals surface area contributed by atoms with Crippen molar-refractivity contribution in [3.63, 3.8) is 0 Å². The predicted octanol–water partition coefficient (Wildman–Crippen LogP) is 5.16. The quantitative estimate of drug-likeness (QED) is 0.649. The predicted molar refractivity (Wildman–Crippen MR) is 112 cm³/mol. The van der Waals surface area contributed by atoms with Crippen molar-refractivity contribution >= 4 is 23.3 Å². The van der Waals surface area contributed by atoms with Gasteiger partial charge >= 0.3 is 6.03 Å². The van der Waals surface area contributed by atoms with Gasteiger partial charge in [-0.25, -0.2) is 4.79 Å². The molecule has 142 valence electrons. The number of para-hydroxylation sites is 1. The highest BCUT2D eigenvalue weighted by Gasteiger charge is 2.18. The van der Waals surface area contributed by atoms with Gasteiger partial charge in [-0.3, -0.25) is 4.79 Å². The van der Waals surface area contributed by atoms with Gasteiger partial charge in [0.15, 0.2) is 0 Å². The van der Waals surface area contributed by atoms with Crippen LogP contribution in [0.4, 0.5) is 16.2 Å². The Kier molecular flexibility index (Phi) is 6.07. The standard InChI is InChI=1S/C23H23N3O2/c1-17(18-9-5-3-6-10-18)26(2)22(27)19-13-15-21(16-14-19)25-23(28)24-20-11-7-4-8-12-20/h3-17H,1-2H3,(H2,24,25,28). The molecule has 2 N–H and O–H groups in total. The van der Waals surface area contributed by atoms with Gasteiger partial charge in [-0.1, -0.05) is 48.5 Å². The van der Waals surface area contributed by atoms with Crippen molar-refractivity contribution in [2.24, 2.45) is 0 Å². The molecular weight excluding hydrogens is 350 g/mol. The summed E-state index contributed by atoms with van der Waals surface area (Å²) in [7, 11) is 1.79. The second-order valence-corrected chi connectivity index (χ2v) is 6.53. The van der Waals surface area contributed by atoms with Gasteiger partial charge in [0.2, 0.25) is 0 Å². The summed E-state index contributed by atoms with van der Waals surface area (Å²) >= 11 is 0. The Balaban J connectivity index is 1.61. The topological polar surface area (TPSA) is 61.4 Å². The Labute approximate surface area is 165 Å². The van der Waals surface area contributed by atoms with Gasteiger partial charge in [0, 0.05) is 24.0 Å². The third kappa shape index (κ3) is 4.76. The smallest absolute Gasteiger partial charge is 0.323 e. The van der Waals surface area contributed by atoms with Crippen LogP contribution < -0.4 is 10.6 Å². The minimum Gasteiger partial charge on any atom is -0.335 e. The van der Waals surface area contributed by atoms with Crippen LogP contribution in [-0.4, -0.2) is 23.9 Å². The summed E-state index contributed by atoms with van der Waals surface area (Å²) in [5, 5.41) is 5.51. The first kappa shape index (κ1) is 19.2. The van der Waals surface area contributed by atoms with E-state index in [1.807, 2.05) is 67.6 Å². The minimum atomic E-state index is -0.333. The van der Waals surface area contributed by atoms with E-state index in [0.717, 1.165) is 5.56 Å². The molecule has 28 heavy (non-hydrogen) atoms. The summed E-state index contributed by atoms with van der Waals surface area (Å²) in [6.07, 6.45) is 0. The van der Waals surface area contributed by atoms with Crippen molar-refractivity contribution < 1.29 is 9.59 Å². The summed E-state index contributed by atoms with van der Waals surface area (Å²) in [5.41, 5.74) is 2.97. The average Bonchev–Trinajstić information content (AvgIpc) is 2.74. The second-order valence-electron chi connectivity index (χ2n) is 6.53. The molecule has 0 aliphatic heterocycles. The van der Waals surface area contributed by atoms with Crippen molar-refractivity contribution in [2.45, 2.75) is 13.0 Å². The van der Waals surface area contributed by atoms with Crippen LogP contribution in [0.25, 0.3) is 0 Å². The molecule has 5 heteroatoms. The molecule has 3 aromatic rings. The highest BCUT2D eigenvalue weighted by Crippen LogP contribution is 2.21. The maximum atomic E-state index is 12.8. The van der Waals surface area contributed by atoms with Crippen LogP contribution in [0.1, 0.15) is 28.9 Å². The Hall–Kier alpha value is -3.60. The summed E-state index contributed by atoms with van der Waals surface area (Å²) in [4.78, 5) is 26.5. The lowest BCUT2D eigenvalue weighted by Crippen LogP contribution is -2.29. The lowest BCUT2D eigenvalue weighted by Gasteiger charge is -2.25. The number of rotatable bonds is 5. The van der Waals surface area contributed by atoms with Gasteiger partial charge in [-0.2, -0.15) is 0 Å². The monoisotopic (exact) mass is 373 g/mol. The Morgan fingerprint density at radius 3 is 1.82 bits per heavy atom. The maximum Gasteiger partial charge on any atom is 0.323 e. The molecule has 1 atom stereocenters. The van der Waals surface area contributed by atoms with Crippen molar-refractivity contribution in [3.8, 4) is 0 Å². The maximum absolute atomic E-state index is 12.8. The molecule has 3 rings (SSSR count). The number of carbonyl (C=O) groups excluding carboxylic acids is 2. The highest BCUT2D eigenvalue weighted by molar-refractivity contribution is 6.00. The number of hydrogen-bond acceptors (Lipinski definition) is 2. The zero-order chi connectivity index (χ0) is 19.9. The van der Waals surface area contributed by atoms with Crippen LogP contribution >= 0.6 is 0 Å². The van der Waals surface area contributed by atoms with E-state index < -0.39 is 0 Å². The molecule has 0 radical (unpaired) electrons. The van der Waals surface area contributed by atoms with E-state index in [1.54, 1.807) is 36.2 Å². The van der Waals surface area contributed by atoms with Crippen LogP contribution in [0.5, 0.6) is 0 Å². The van der Waals surface area contributed by atoms with Crippen molar-refractivity contribution in [1.29, 1.82) is 0 Å². The number of urea groups is 1. The fourth-order valence-electron chi connectivity index (χ4n) is 2.85. The van der Waals surface area contributed by atoms with E-state index in [-0.39, 0.29) is 18.0 Å². The minimum absolute atomic E-state index is 0.0387. The SMILES string of the molecule is CC(c1ccccc1)N(C)C(=O)c1ccc(NC(=O)Nc2ccccc2)cc1. The molecule has 0 spiro atoms. The third-order valence-corrected chi connectivity index (χ3v) is 4.60. The third-order valence-electron chi connectivity index (χ3n) is 4.60. The number of carbonyl (C=O) groups is 2. The first-order chi connectivity index (χ1) is 13.5. The van der Waals surface area contributed by atoms with Gasteiger partial charge in [0.25, 0.3) is 5.91 Å². The van der Waals surface area contributed by atoms with E-state index in [0.29, 0.717) is 16.9 Å². The van der Waals surface area contributed by atoms with E-state index >= 15 is 0 Å². The van der Waals surface area contributed by atoms with Gasteiger partial charge in [0.05, 0.1) is 6.04 Å². The summed E-state index contributed by atoms with van der Waals surface area (Å²) < 4.78 is 0. The van der Waals surface area contributed by atoms with E-state index in [2.05, 4.69) is 10.6 Å². The van der Waals surface area contributed by atoms with Crippen molar-refractivity contribution in [2.75, 3.05) is 17.7 Å². The average molecular weight is 373 g/mol. The van der Waals surface area contributed by atoms with E-state index in [9.17, 15) is 9.59 Å². The number of nitrogens with zero attached hydrogens (tertiary/aromatic N) is 1. The number of anilines is 2. The van der Waals surface area contributed by atoms with Crippen LogP contribution in [0.3, 0.4) is 0 Å². The number of amides is 3. The Bertz CT molecular complexity index is 925. The second kappa shape index (κ2) is 8.86. The van der Waals surface area contributed by atoms with Crippen molar-refractivity contribution in [3.05, 3.63) is 96.1 Å². The fraction of sp³-hybridized carbons (Fsp3) is 0.130. The summed E-state index contributed by atoms with van der Waals surface area (Å²) in [5.74, 6) is -0.0726. The molecule has 0 saturated carbocycles. The number of nitrogens with one attached hydrogen (secondary N) is 2. The number of hydrogen-bond donors (Lipinski definition) is 2. The van der Waals surface area contributed by atoms with Crippen LogP contribution in [-0.2, 0) is 0 Å². The van der Waals surface area contributed by atoms with Crippen LogP contribution in [0.15, 0.2) is 84.9 Å². The Morgan fingerprint density at radius 1 is 0.750 bits per heavy atom. The molecule has 0 heterocycles. The fourth-order valence-corrected chi connectivity index (χ4v) is 2.85. The van der Waals surface area contributed by atoms with E-state index in [4.69, 9.17) is 0 Å². The summed E-state index contributed by atoms with van der Waals surface area (Å²) in [6.45, 7) is 2.00. The van der Waals surface area contributed by atoms with E-state index in [1.165, 1.54) is 0 Å². The zero-order valence-electron chi connectivity index (χ0n) is 15.9. The van der Waals surface area contributed by atoms with Gasteiger partial charge in [-0.05, 0) is 48.9 Å². The molecular formula is C23H23N3O2. The van der Waals surface area contributed by atoms with Crippen LogP contribution in [0.2, 0.25) is 0 Å². The molecule has 1 unspecified atom stereocenters. The number of benzene rings is 3. The zero-order valence-corrected chi connectivity index (χ0v) is 15.9. The summed E-state index contributed by atoms with van der Waals surface area (Å²) in [6, 6.07) is 25.6. The molecule has 3 aromatic carbocycles. The Morgan fingerprint density at radius 2 is 1.25 bits per heavy atom. The first-order valence-corrected chi connectivity index (χ1v) is 9.10. The molecule has 0 aliphatic rings. The molecule has 3 amide bonds. The largest absolute Gasteiger partial charge is 0.335 e. The molecule has 0 aliphatic carbocycles. The van der Waals surface area contributed by atoms with Gasteiger partial charge in [0.1, 0.15) is 0 Å². The normalized spacial score (nSPS) is 11.4. The molecule has 0 saturated heterocycles. The van der Waals surface area contributed by atoms with Crippen molar-refractivity contribution in [1.82, 2.24) is 4.90 Å². The molecule has 5 nitrogen and oxygen atoms in total. The van der Waals surface area contributed by atoms with Gasteiger partial charge in [-0.15, -0.1) is 0 Å². The lowest BCUT2D eigenvalue weighted by molar-refractivity contribution is 0.0742.